The lowest BCUT2D eigenvalue weighted by Gasteiger charge is -2.11. The highest BCUT2D eigenvalue weighted by atomic mass is 35.5. The topological polar surface area (TPSA) is 102 Å². The smallest absolute Gasteiger partial charge is 0.238 e. The van der Waals surface area contributed by atoms with E-state index in [2.05, 4.69) is 15.0 Å². The van der Waals surface area contributed by atoms with Crippen LogP contribution in [-0.2, 0) is 9.59 Å². The minimum atomic E-state index is -0.360. The fourth-order valence-electron chi connectivity index (χ4n) is 1.24. The van der Waals surface area contributed by atoms with Crippen molar-refractivity contribution >= 4 is 35.2 Å². The van der Waals surface area contributed by atoms with E-state index >= 15 is 0 Å². The van der Waals surface area contributed by atoms with Crippen LogP contribution in [0.4, 0.5) is 11.9 Å². The van der Waals surface area contributed by atoms with Crippen LogP contribution in [0.3, 0.4) is 0 Å². The van der Waals surface area contributed by atoms with Crippen LogP contribution < -0.4 is 10.6 Å². The van der Waals surface area contributed by atoms with Crippen LogP contribution in [-0.4, -0.2) is 33.2 Å². The number of carbonyl (C=O) groups is 2. The first-order valence-electron chi connectivity index (χ1n) is 4.05. The summed E-state index contributed by atoms with van der Waals surface area (Å²) in [6.07, 6.45) is -0.136. The minimum absolute atomic E-state index is 0.0170. The number of hydrogen-bond acceptors (Lipinski definition) is 6. The van der Waals surface area contributed by atoms with E-state index in [0.29, 0.717) is 0 Å². The predicted octanol–water partition coefficient (Wildman–Crippen LogP) is -0.587. The number of nitrogens with two attached hydrogens (primary N) is 1. The van der Waals surface area contributed by atoms with Crippen LogP contribution in [0.1, 0.15) is 6.42 Å². The third-order valence-electron chi connectivity index (χ3n) is 1.84. The summed E-state index contributed by atoms with van der Waals surface area (Å²) in [6, 6.07) is 0. The summed E-state index contributed by atoms with van der Waals surface area (Å²) >= 11 is 5.55. The average Bonchev–Trinajstić information content (AvgIpc) is 2.43. The zero-order valence-corrected chi connectivity index (χ0v) is 8.23. The lowest BCUT2D eigenvalue weighted by Crippen LogP contribution is -2.27. The number of carbonyl (C=O) groups excluding carboxylic acids is 2. The Morgan fingerprint density at radius 3 is 2.53 bits per heavy atom. The van der Waals surface area contributed by atoms with Gasteiger partial charge in [0, 0.05) is 0 Å². The highest BCUT2D eigenvalue weighted by Gasteiger charge is 2.30. The van der Waals surface area contributed by atoms with Crippen LogP contribution in [0.15, 0.2) is 0 Å². The second kappa shape index (κ2) is 3.43. The summed E-state index contributed by atoms with van der Waals surface area (Å²) in [5.41, 5.74) is 5.34. The summed E-state index contributed by atoms with van der Waals surface area (Å²) in [5.74, 6) is -0.614. The number of ketones is 1. The Hall–Kier alpha value is -1.76. The van der Waals surface area contributed by atoms with Gasteiger partial charge < -0.3 is 5.73 Å². The number of Topliss-reactive ketones (excluding diaryl/α,β-unsaturated/α-hetero) is 1. The first kappa shape index (κ1) is 9.78. The van der Waals surface area contributed by atoms with Gasteiger partial charge in [-0.05, 0) is 11.6 Å². The fraction of sp³-hybridized carbons (Fsp3) is 0.286. The summed E-state index contributed by atoms with van der Waals surface area (Å²) < 4.78 is 0. The number of nitrogen functional groups attached to an aromatic ring is 1. The molecule has 0 unspecified atom stereocenters. The van der Waals surface area contributed by atoms with E-state index in [1.54, 1.807) is 0 Å². The Morgan fingerprint density at radius 1 is 1.27 bits per heavy atom. The van der Waals surface area contributed by atoms with Gasteiger partial charge in [-0.3, -0.25) is 14.5 Å². The maximum atomic E-state index is 11.3. The van der Waals surface area contributed by atoms with Gasteiger partial charge in [-0.2, -0.15) is 15.0 Å². The molecule has 15 heavy (non-hydrogen) atoms. The zero-order chi connectivity index (χ0) is 11.0. The van der Waals surface area contributed by atoms with Crippen molar-refractivity contribution in [2.45, 2.75) is 6.42 Å². The largest absolute Gasteiger partial charge is 0.368 e. The van der Waals surface area contributed by atoms with Crippen LogP contribution in [0, 0.1) is 0 Å². The Kier molecular flexibility index (Phi) is 2.24. The molecule has 0 aliphatic carbocycles. The van der Waals surface area contributed by atoms with Gasteiger partial charge in [0.25, 0.3) is 0 Å². The normalized spacial score (nSPS) is 16.2. The molecule has 2 rings (SSSR count). The number of amides is 1. The summed E-state index contributed by atoms with van der Waals surface area (Å²) in [6.45, 7) is -0.0430. The quantitative estimate of drug-likeness (QED) is 0.644. The third-order valence-corrected chi connectivity index (χ3v) is 2.01. The molecule has 1 amide bonds. The number of anilines is 2. The van der Waals surface area contributed by atoms with E-state index in [4.69, 9.17) is 17.3 Å². The number of rotatable bonds is 1. The SMILES string of the molecule is Nc1nc(Cl)nc(N2CC(=O)CC2=O)n1. The number of hydrogen-bond donors (Lipinski definition) is 1. The minimum Gasteiger partial charge on any atom is -0.368 e. The monoisotopic (exact) mass is 227 g/mol. The standard InChI is InChI=1S/C7H6ClN5O2/c8-5-10-6(9)12-7(11-5)13-2-3(14)1-4(13)15/h1-2H2,(H2,9,10,11,12). The van der Waals surface area contributed by atoms with Crippen molar-refractivity contribution in [1.82, 2.24) is 15.0 Å². The molecule has 1 fully saturated rings. The van der Waals surface area contributed by atoms with Crippen LogP contribution in [0.5, 0.6) is 0 Å². The predicted molar refractivity (Wildman–Crippen MR) is 51.2 cm³/mol. The molecule has 0 spiro atoms. The van der Waals surface area contributed by atoms with E-state index in [1.807, 2.05) is 0 Å². The van der Waals surface area contributed by atoms with Crippen molar-refractivity contribution in [3.05, 3.63) is 5.28 Å². The Balaban J connectivity index is 2.37. The Bertz CT molecular complexity index is 429. The maximum absolute atomic E-state index is 11.3. The van der Waals surface area contributed by atoms with Crippen LogP contribution in [0.2, 0.25) is 5.28 Å². The van der Waals surface area contributed by atoms with Crippen molar-refractivity contribution in [3.63, 3.8) is 0 Å². The van der Waals surface area contributed by atoms with Crippen molar-refractivity contribution in [3.8, 4) is 0 Å². The van der Waals surface area contributed by atoms with Crippen LogP contribution >= 0.6 is 11.6 Å². The average molecular weight is 228 g/mol. The van der Waals surface area contributed by atoms with Crippen LogP contribution in [0.25, 0.3) is 0 Å². The number of halogens is 1. The molecule has 2 heterocycles. The van der Waals surface area contributed by atoms with Gasteiger partial charge in [-0.15, -0.1) is 0 Å². The molecule has 78 valence electrons. The molecule has 0 saturated carbocycles. The summed E-state index contributed by atoms with van der Waals surface area (Å²) in [4.78, 5) is 34.5. The molecule has 1 aliphatic heterocycles. The molecule has 0 bridgehead atoms. The lowest BCUT2D eigenvalue weighted by atomic mass is 10.3. The third kappa shape index (κ3) is 1.86. The van der Waals surface area contributed by atoms with Crippen molar-refractivity contribution in [2.75, 3.05) is 17.2 Å². The number of aromatic nitrogens is 3. The van der Waals surface area contributed by atoms with Crippen molar-refractivity contribution < 1.29 is 9.59 Å². The first-order chi connectivity index (χ1) is 7.06. The van der Waals surface area contributed by atoms with E-state index < -0.39 is 0 Å². The lowest BCUT2D eigenvalue weighted by molar-refractivity contribution is -0.121. The molecule has 0 aromatic carbocycles. The van der Waals surface area contributed by atoms with E-state index in [-0.39, 0.29) is 41.8 Å². The second-order valence-corrected chi connectivity index (χ2v) is 3.30. The molecular weight excluding hydrogens is 222 g/mol. The Labute approximate surface area is 89.3 Å². The molecule has 1 aliphatic rings. The molecule has 1 aromatic heterocycles. The van der Waals surface area contributed by atoms with E-state index in [1.165, 1.54) is 0 Å². The molecule has 7 nitrogen and oxygen atoms in total. The van der Waals surface area contributed by atoms with E-state index in [9.17, 15) is 9.59 Å². The molecule has 1 saturated heterocycles. The van der Waals surface area contributed by atoms with Gasteiger partial charge in [-0.25, -0.2) is 0 Å². The Morgan fingerprint density at radius 2 is 2.00 bits per heavy atom. The highest BCUT2D eigenvalue weighted by molar-refractivity contribution is 6.28. The highest BCUT2D eigenvalue weighted by Crippen LogP contribution is 2.17. The summed E-state index contributed by atoms with van der Waals surface area (Å²) in [7, 11) is 0. The summed E-state index contributed by atoms with van der Waals surface area (Å²) in [5, 5.41) is -0.107. The molecule has 0 radical (unpaired) electrons. The van der Waals surface area contributed by atoms with Gasteiger partial charge in [0.05, 0.1) is 13.0 Å². The molecule has 2 N–H and O–H groups in total. The van der Waals surface area contributed by atoms with Gasteiger partial charge >= 0.3 is 0 Å². The van der Waals surface area contributed by atoms with Gasteiger partial charge in [0.15, 0.2) is 5.78 Å². The molecule has 0 atom stereocenters. The zero-order valence-electron chi connectivity index (χ0n) is 7.47. The number of nitrogens with zero attached hydrogens (tertiary/aromatic N) is 4. The first-order valence-corrected chi connectivity index (χ1v) is 4.43. The van der Waals surface area contributed by atoms with Crippen molar-refractivity contribution in [1.29, 1.82) is 0 Å². The van der Waals surface area contributed by atoms with E-state index in [0.717, 1.165) is 4.90 Å². The van der Waals surface area contributed by atoms with Gasteiger partial charge in [0.1, 0.15) is 0 Å². The van der Waals surface area contributed by atoms with Gasteiger partial charge in [0.2, 0.25) is 23.1 Å². The maximum Gasteiger partial charge on any atom is 0.238 e. The molecule has 1 aromatic rings. The fourth-order valence-corrected chi connectivity index (χ4v) is 1.40. The second-order valence-electron chi connectivity index (χ2n) is 2.96. The molecule has 8 heteroatoms. The van der Waals surface area contributed by atoms with Crippen molar-refractivity contribution in [2.24, 2.45) is 0 Å². The molecular formula is C7H6ClN5O2. The van der Waals surface area contributed by atoms with Gasteiger partial charge in [-0.1, -0.05) is 0 Å².